The molecule has 27 heavy (non-hydrogen) atoms. The second-order valence-electron chi connectivity index (χ2n) is 10.5. The Hall–Kier alpha value is -0.130. The van der Waals surface area contributed by atoms with Gasteiger partial charge >= 0.3 is 0 Å². The number of aliphatic hydroxyl groups excluding tert-OH is 1. The van der Waals surface area contributed by atoms with Crippen LogP contribution in [-0.4, -0.2) is 41.8 Å². The maximum absolute atomic E-state index is 13.9. The summed E-state index contributed by atoms with van der Waals surface area (Å²) in [6, 6.07) is 0.393. The van der Waals surface area contributed by atoms with Crippen LogP contribution in [0.2, 0.25) is 0 Å². The number of hydrogen-bond acceptors (Lipinski definition) is 3. The molecule has 1 unspecified atom stereocenters. The van der Waals surface area contributed by atoms with Crippen molar-refractivity contribution in [2.45, 2.75) is 116 Å². The normalized spacial score (nSPS) is 37.9. The van der Waals surface area contributed by atoms with Crippen LogP contribution >= 0.6 is 0 Å². The summed E-state index contributed by atoms with van der Waals surface area (Å²) in [4.78, 5) is 0. The summed E-state index contributed by atoms with van der Waals surface area (Å²) in [6.07, 6.45) is 13.5. The third kappa shape index (κ3) is 3.30. The molecule has 4 aliphatic rings. The summed E-state index contributed by atoms with van der Waals surface area (Å²) in [5.74, 6) is 0.637. The van der Waals surface area contributed by atoms with Crippen LogP contribution in [0.4, 0.5) is 0 Å². The molecule has 4 rings (SSSR count). The van der Waals surface area contributed by atoms with Crippen molar-refractivity contribution in [2.24, 2.45) is 16.7 Å². The lowest BCUT2D eigenvalue weighted by atomic mass is 9.70. The number of hydrogen-bond donors (Lipinski definition) is 1. The molecular formula is C22H39NO3S. The number of aliphatic hydroxyl groups is 1. The van der Waals surface area contributed by atoms with E-state index in [0.717, 1.165) is 70.6 Å². The van der Waals surface area contributed by atoms with E-state index in [2.05, 4.69) is 13.8 Å². The molecular weight excluding hydrogens is 358 g/mol. The second kappa shape index (κ2) is 7.28. The van der Waals surface area contributed by atoms with Gasteiger partial charge in [0.15, 0.2) is 0 Å². The second-order valence-corrected chi connectivity index (χ2v) is 12.4. The Morgan fingerprint density at radius 3 is 1.81 bits per heavy atom. The van der Waals surface area contributed by atoms with Crippen LogP contribution in [0.15, 0.2) is 0 Å². The molecule has 0 spiro atoms. The monoisotopic (exact) mass is 397 g/mol. The van der Waals surface area contributed by atoms with Crippen LogP contribution in [0.1, 0.15) is 97.3 Å². The molecule has 0 radical (unpaired) electrons. The predicted octanol–water partition coefficient (Wildman–Crippen LogP) is 4.47. The molecule has 4 fully saturated rings. The molecule has 1 N–H and O–H groups in total. The van der Waals surface area contributed by atoms with Crippen LogP contribution in [0.25, 0.3) is 0 Å². The van der Waals surface area contributed by atoms with Gasteiger partial charge in [-0.15, -0.1) is 0 Å². The van der Waals surface area contributed by atoms with Crippen molar-refractivity contribution < 1.29 is 13.5 Å². The van der Waals surface area contributed by atoms with E-state index in [9.17, 15) is 13.5 Å². The lowest BCUT2D eigenvalue weighted by Crippen LogP contribution is -2.54. The van der Waals surface area contributed by atoms with E-state index in [1.807, 2.05) is 4.31 Å². The van der Waals surface area contributed by atoms with Gasteiger partial charge in [-0.2, -0.15) is 4.31 Å². The first-order valence-electron chi connectivity index (χ1n) is 11.5. The van der Waals surface area contributed by atoms with Crippen LogP contribution in [0.5, 0.6) is 0 Å². The minimum atomic E-state index is -3.38. The maximum atomic E-state index is 13.9. The SMILES string of the molecule is CC1(C)C2CC[C@]1(CS(=O)(=O)N(C1CCCCC1)C1CCCCC1)[C@@H](O)C2. The first kappa shape index (κ1) is 20.2. The van der Waals surface area contributed by atoms with Crippen molar-refractivity contribution in [1.82, 2.24) is 4.31 Å². The fourth-order valence-electron chi connectivity index (χ4n) is 7.20. The van der Waals surface area contributed by atoms with E-state index in [1.54, 1.807) is 0 Å². The van der Waals surface area contributed by atoms with Crippen LogP contribution in [0.3, 0.4) is 0 Å². The molecule has 4 nitrogen and oxygen atoms in total. The molecule has 0 aromatic rings. The smallest absolute Gasteiger partial charge is 0.215 e. The zero-order valence-corrected chi connectivity index (χ0v) is 18.1. The van der Waals surface area contributed by atoms with Gasteiger partial charge in [0.05, 0.1) is 11.9 Å². The quantitative estimate of drug-likeness (QED) is 0.744. The van der Waals surface area contributed by atoms with E-state index in [0.29, 0.717) is 5.92 Å². The van der Waals surface area contributed by atoms with Gasteiger partial charge in [0.1, 0.15) is 0 Å². The number of sulfonamides is 1. The lowest BCUT2D eigenvalue weighted by molar-refractivity contribution is 0.0136. The summed E-state index contributed by atoms with van der Waals surface area (Å²) in [5.41, 5.74) is -0.525. The Bertz CT molecular complexity index is 616. The molecule has 0 amide bonds. The van der Waals surface area contributed by atoms with Crippen molar-refractivity contribution in [3.63, 3.8) is 0 Å². The Morgan fingerprint density at radius 2 is 1.41 bits per heavy atom. The molecule has 4 aliphatic carbocycles. The summed E-state index contributed by atoms with van der Waals surface area (Å²) in [5, 5.41) is 10.9. The highest BCUT2D eigenvalue weighted by Crippen LogP contribution is 2.66. The minimum absolute atomic E-state index is 0.0791. The fourth-order valence-corrected chi connectivity index (χ4v) is 10.0. The summed E-state index contributed by atoms with van der Waals surface area (Å²) in [6.45, 7) is 4.42. The standard InChI is InChI=1S/C22H39NO3S/c1-21(2)17-13-14-22(21,20(24)15-17)16-27(25,26)23(18-9-5-3-6-10-18)19-11-7-4-8-12-19/h17-20,24H,3-16H2,1-2H3/t17?,20-,22-/m0/s1. The average Bonchev–Trinajstić information content (AvgIpc) is 2.97. The number of fused-ring (bicyclic) bond motifs is 2. The first-order chi connectivity index (χ1) is 12.8. The van der Waals surface area contributed by atoms with Gasteiger partial charge in [0, 0.05) is 17.5 Å². The van der Waals surface area contributed by atoms with E-state index in [-0.39, 0.29) is 23.3 Å². The Balaban J connectivity index is 1.64. The van der Waals surface area contributed by atoms with Gasteiger partial charge in [-0.25, -0.2) is 8.42 Å². The summed E-state index contributed by atoms with van der Waals surface area (Å²) in [7, 11) is -3.38. The van der Waals surface area contributed by atoms with Gasteiger partial charge in [-0.05, 0) is 56.3 Å². The van der Waals surface area contributed by atoms with Gasteiger partial charge in [-0.1, -0.05) is 52.4 Å². The fraction of sp³-hybridized carbons (Fsp3) is 1.00. The minimum Gasteiger partial charge on any atom is -0.392 e. The predicted molar refractivity (Wildman–Crippen MR) is 109 cm³/mol. The first-order valence-corrected chi connectivity index (χ1v) is 13.1. The Kier molecular flexibility index (Phi) is 5.44. The molecule has 3 atom stereocenters. The highest BCUT2D eigenvalue weighted by atomic mass is 32.2. The van der Waals surface area contributed by atoms with Gasteiger partial charge in [0.2, 0.25) is 10.0 Å². The molecule has 0 heterocycles. The molecule has 156 valence electrons. The number of rotatable bonds is 5. The molecule has 0 saturated heterocycles. The zero-order valence-electron chi connectivity index (χ0n) is 17.3. The van der Waals surface area contributed by atoms with Crippen molar-refractivity contribution in [3.05, 3.63) is 0 Å². The van der Waals surface area contributed by atoms with Crippen LogP contribution in [0, 0.1) is 16.7 Å². The van der Waals surface area contributed by atoms with E-state index in [1.165, 1.54) is 12.8 Å². The Morgan fingerprint density at radius 1 is 0.889 bits per heavy atom. The highest BCUT2D eigenvalue weighted by Gasteiger charge is 2.65. The van der Waals surface area contributed by atoms with Crippen LogP contribution in [-0.2, 0) is 10.0 Å². The Labute approximate surface area is 166 Å². The van der Waals surface area contributed by atoms with E-state index >= 15 is 0 Å². The maximum Gasteiger partial charge on any atom is 0.215 e. The molecule has 5 heteroatoms. The molecule has 0 aromatic heterocycles. The zero-order chi connectivity index (χ0) is 19.3. The van der Waals surface area contributed by atoms with Crippen molar-refractivity contribution >= 4 is 10.0 Å². The van der Waals surface area contributed by atoms with E-state index < -0.39 is 21.5 Å². The van der Waals surface area contributed by atoms with Crippen molar-refractivity contribution in [2.75, 3.05) is 5.75 Å². The molecule has 4 saturated carbocycles. The van der Waals surface area contributed by atoms with Gasteiger partial charge in [0.25, 0.3) is 0 Å². The van der Waals surface area contributed by atoms with Crippen molar-refractivity contribution in [3.8, 4) is 0 Å². The topological polar surface area (TPSA) is 57.6 Å². The van der Waals surface area contributed by atoms with Gasteiger partial charge < -0.3 is 5.11 Å². The lowest BCUT2D eigenvalue weighted by Gasteiger charge is -2.45. The van der Waals surface area contributed by atoms with Crippen LogP contribution < -0.4 is 0 Å². The summed E-state index contributed by atoms with van der Waals surface area (Å²) >= 11 is 0. The molecule has 2 bridgehead atoms. The highest BCUT2D eigenvalue weighted by molar-refractivity contribution is 7.89. The van der Waals surface area contributed by atoms with Gasteiger partial charge in [-0.3, -0.25) is 0 Å². The largest absolute Gasteiger partial charge is 0.392 e. The third-order valence-electron chi connectivity index (χ3n) is 9.02. The average molecular weight is 398 g/mol. The number of nitrogens with zero attached hydrogens (tertiary/aromatic N) is 1. The van der Waals surface area contributed by atoms with Crippen molar-refractivity contribution in [1.29, 1.82) is 0 Å². The third-order valence-corrected chi connectivity index (χ3v) is 11.1. The summed E-state index contributed by atoms with van der Waals surface area (Å²) < 4.78 is 29.8. The molecule has 0 aliphatic heterocycles. The van der Waals surface area contributed by atoms with E-state index in [4.69, 9.17) is 0 Å². The molecule has 0 aromatic carbocycles.